The number of rotatable bonds is 5. The van der Waals surface area contributed by atoms with Crippen molar-refractivity contribution in [2.75, 3.05) is 0 Å². The van der Waals surface area contributed by atoms with Gasteiger partial charge in [-0.15, -0.1) is 0 Å². The Bertz CT molecular complexity index is 403. The van der Waals surface area contributed by atoms with E-state index in [1.807, 2.05) is 10.4 Å². The van der Waals surface area contributed by atoms with Crippen molar-refractivity contribution in [1.29, 1.82) is 0 Å². The van der Waals surface area contributed by atoms with Crippen LogP contribution in [0.4, 0.5) is 5.82 Å². The first kappa shape index (κ1) is 15.0. The molecule has 0 atom stereocenters. The van der Waals surface area contributed by atoms with Crippen LogP contribution in [-0.2, 0) is 0 Å². The second-order valence-electron chi connectivity index (χ2n) is 5.84. The van der Waals surface area contributed by atoms with Gasteiger partial charge in [0.25, 0.3) is 8.24 Å². The van der Waals surface area contributed by atoms with E-state index in [2.05, 4.69) is 41.5 Å². The molecule has 1 aromatic rings. The van der Waals surface area contributed by atoms with Crippen molar-refractivity contribution in [3.05, 3.63) is 28.4 Å². The molecule has 0 radical (unpaired) electrons. The highest BCUT2D eigenvalue weighted by atomic mass is 28.3. The minimum Gasteiger partial charge on any atom is -0.358 e. The lowest BCUT2D eigenvalue weighted by Gasteiger charge is -2.39. The molecular weight excluding hydrogens is 244 g/mol. The van der Waals surface area contributed by atoms with Crippen molar-refractivity contribution in [2.45, 2.75) is 58.2 Å². The lowest BCUT2D eigenvalue weighted by molar-refractivity contribution is -0.390. The van der Waals surface area contributed by atoms with E-state index < -0.39 is 8.24 Å². The largest absolute Gasteiger partial charge is 0.358 e. The van der Waals surface area contributed by atoms with E-state index in [-0.39, 0.29) is 10.7 Å². The summed E-state index contributed by atoms with van der Waals surface area (Å²) in [7, 11) is -1.98. The Morgan fingerprint density at radius 2 is 1.56 bits per heavy atom. The van der Waals surface area contributed by atoms with Gasteiger partial charge in [0.05, 0.1) is 6.20 Å². The van der Waals surface area contributed by atoms with Crippen molar-refractivity contribution >= 4 is 14.1 Å². The highest BCUT2D eigenvalue weighted by Gasteiger charge is 2.52. The molecule has 0 aliphatic rings. The summed E-state index contributed by atoms with van der Waals surface area (Å²) in [4.78, 5) is 10.9. The molecule has 0 N–H and O–H groups in total. The van der Waals surface area contributed by atoms with Gasteiger partial charge < -0.3 is 10.1 Å². The van der Waals surface area contributed by atoms with Gasteiger partial charge in [0.2, 0.25) is 0 Å². The van der Waals surface area contributed by atoms with Gasteiger partial charge in [-0.1, -0.05) is 41.5 Å². The number of hydrogen-bond acceptors (Lipinski definition) is 2. The van der Waals surface area contributed by atoms with Gasteiger partial charge in [0.15, 0.2) is 0 Å². The highest BCUT2D eigenvalue weighted by Crippen LogP contribution is 2.44. The van der Waals surface area contributed by atoms with Gasteiger partial charge >= 0.3 is 5.82 Å². The maximum absolute atomic E-state index is 11.2. The lowest BCUT2D eigenvalue weighted by atomic mass is 10.5. The van der Waals surface area contributed by atoms with Crippen molar-refractivity contribution in [2.24, 2.45) is 0 Å². The second-order valence-corrected chi connectivity index (χ2v) is 11.6. The summed E-state index contributed by atoms with van der Waals surface area (Å²) in [5.74, 6) is 0.248. The predicted octanol–water partition coefficient (Wildman–Crippen LogP) is 4.42. The Labute approximate surface area is 110 Å². The standard InChI is InChI=1S/C13H24N2O2Si/c1-10(2)18(11(3)4,12(5)6)14-9-7-8-13(14)15(16)17/h7-12H,1-6H3. The van der Waals surface area contributed by atoms with Gasteiger partial charge in [-0.2, -0.15) is 0 Å². The van der Waals surface area contributed by atoms with Crippen LogP contribution < -0.4 is 0 Å². The van der Waals surface area contributed by atoms with E-state index in [9.17, 15) is 10.1 Å². The average molecular weight is 268 g/mol. The third-order valence-corrected chi connectivity index (χ3v) is 10.9. The molecule has 18 heavy (non-hydrogen) atoms. The fraction of sp³-hybridized carbons (Fsp3) is 0.692. The zero-order chi connectivity index (χ0) is 14.1. The molecule has 102 valence electrons. The van der Waals surface area contributed by atoms with E-state index in [0.29, 0.717) is 16.6 Å². The van der Waals surface area contributed by atoms with Crippen LogP contribution in [0, 0.1) is 10.1 Å². The molecule has 0 saturated carbocycles. The van der Waals surface area contributed by atoms with Crippen molar-refractivity contribution < 1.29 is 4.92 Å². The number of nitrogens with zero attached hydrogens (tertiary/aromatic N) is 2. The van der Waals surface area contributed by atoms with E-state index in [4.69, 9.17) is 0 Å². The molecule has 0 aliphatic heterocycles. The monoisotopic (exact) mass is 268 g/mol. The zero-order valence-electron chi connectivity index (χ0n) is 12.2. The van der Waals surface area contributed by atoms with Crippen molar-refractivity contribution in [3.8, 4) is 0 Å². The summed E-state index contributed by atoms with van der Waals surface area (Å²) >= 11 is 0. The predicted molar refractivity (Wildman–Crippen MR) is 77.5 cm³/mol. The molecule has 1 heterocycles. The zero-order valence-corrected chi connectivity index (χ0v) is 13.2. The number of hydrogen-bond donors (Lipinski definition) is 0. The maximum atomic E-state index is 11.2. The molecule has 0 spiro atoms. The van der Waals surface area contributed by atoms with Gasteiger partial charge in [-0.05, 0) is 27.6 Å². The fourth-order valence-corrected chi connectivity index (χ4v) is 10.2. The summed E-state index contributed by atoms with van der Waals surface area (Å²) in [5, 5.41) is 11.2. The molecule has 5 heteroatoms. The molecule has 0 aliphatic carbocycles. The van der Waals surface area contributed by atoms with Crippen LogP contribution in [0.15, 0.2) is 18.3 Å². The first-order valence-electron chi connectivity index (χ1n) is 6.58. The van der Waals surface area contributed by atoms with Crippen molar-refractivity contribution in [1.82, 2.24) is 4.23 Å². The van der Waals surface area contributed by atoms with Crippen LogP contribution >= 0.6 is 0 Å². The fourth-order valence-electron chi connectivity index (χ4n) is 3.68. The first-order chi connectivity index (χ1) is 8.26. The van der Waals surface area contributed by atoms with Crippen LogP contribution in [0.25, 0.3) is 0 Å². The quantitative estimate of drug-likeness (QED) is 0.451. The summed E-state index contributed by atoms with van der Waals surface area (Å²) in [6.07, 6.45) is 1.91. The van der Waals surface area contributed by atoms with Crippen molar-refractivity contribution in [3.63, 3.8) is 0 Å². The third-order valence-electron chi connectivity index (χ3n) is 4.11. The van der Waals surface area contributed by atoms with Crippen LogP contribution in [0.3, 0.4) is 0 Å². The average Bonchev–Trinajstić information content (AvgIpc) is 2.65. The Morgan fingerprint density at radius 3 is 1.89 bits per heavy atom. The molecule has 0 unspecified atom stereocenters. The summed E-state index contributed by atoms with van der Waals surface area (Å²) in [5.41, 5.74) is 1.38. The van der Waals surface area contributed by atoms with Gasteiger partial charge in [-0.25, -0.2) is 0 Å². The molecule has 1 aromatic heterocycles. The summed E-state index contributed by atoms with van der Waals surface area (Å²) in [6, 6.07) is 3.42. The molecule has 0 bridgehead atoms. The van der Waals surface area contributed by atoms with E-state index >= 15 is 0 Å². The Morgan fingerprint density at radius 1 is 1.11 bits per heavy atom. The van der Waals surface area contributed by atoms with Gasteiger partial charge in [0, 0.05) is 6.07 Å². The van der Waals surface area contributed by atoms with Crippen LogP contribution in [0.1, 0.15) is 41.5 Å². The molecule has 1 rings (SSSR count). The summed E-state index contributed by atoms with van der Waals surface area (Å²) < 4.78 is 2.01. The molecule has 0 amide bonds. The lowest BCUT2D eigenvalue weighted by Crippen LogP contribution is -2.51. The minimum atomic E-state index is -1.98. The molecule has 0 fully saturated rings. The van der Waals surface area contributed by atoms with E-state index in [1.54, 1.807) is 12.1 Å². The topological polar surface area (TPSA) is 48.1 Å². The normalized spacial score (nSPS) is 12.7. The smallest absolute Gasteiger partial charge is 0.308 e. The first-order valence-corrected chi connectivity index (χ1v) is 8.76. The third kappa shape index (κ3) is 2.11. The molecule has 0 saturated heterocycles. The Kier molecular flexibility index (Phi) is 4.37. The molecule has 0 aromatic carbocycles. The second kappa shape index (κ2) is 5.26. The van der Waals surface area contributed by atoms with E-state index in [1.165, 1.54) is 0 Å². The SMILES string of the molecule is CC(C)[Si](C(C)C)(C(C)C)n1cccc1[N+](=O)[O-]. The van der Waals surface area contributed by atoms with Crippen LogP contribution in [-0.4, -0.2) is 17.4 Å². The van der Waals surface area contributed by atoms with Crippen LogP contribution in [0.5, 0.6) is 0 Å². The number of aromatic nitrogens is 1. The highest BCUT2D eigenvalue weighted by molar-refractivity contribution is 6.82. The van der Waals surface area contributed by atoms with Crippen LogP contribution in [0.2, 0.25) is 16.6 Å². The van der Waals surface area contributed by atoms with Gasteiger partial charge in [-0.3, -0.25) is 4.23 Å². The Balaban J connectivity index is 3.52. The Hall–Kier alpha value is -1.10. The minimum absolute atomic E-state index is 0.248. The molecule has 4 nitrogen and oxygen atoms in total. The van der Waals surface area contributed by atoms with Gasteiger partial charge in [0.1, 0.15) is 0 Å². The summed E-state index contributed by atoms with van der Waals surface area (Å²) in [6.45, 7) is 13.2. The maximum Gasteiger partial charge on any atom is 0.308 e. The molecular formula is C13H24N2O2Si. The van der Waals surface area contributed by atoms with E-state index in [0.717, 1.165) is 0 Å². The number of nitro groups is 1.